The topological polar surface area (TPSA) is 29.3 Å². The maximum absolute atomic E-state index is 13.3. The average Bonchev–Trinajstić information content (AvgIpc) is 2.91. The second-order valence-electron chi connectivity index (χ2n) is 5.44. The molecular weight excluding hydrogens is 271 g/mol. The Hall–Kier alpha value is -1.23. The van der Waals surface area contributed by atoms with Gasteiger partial charge in [-0.2, -0.15) is 0 Å². The van der Waals surface area contributed by atoms with E-state index in [0.717, 1.165) is 18.5 Å². The third-order valence-electron chi connectivity index (χ3n) is 3.81. The summed E-state index contributed by atoms with van der Waals surface area (Å²) in [7, 11) is 2.08. The van der Waals surface area contributed by atoms with Crippen molar-refractivity contribution in [3.63, 3.8) is 0 Å². The lowest BCUT2D eigenvalue weighted by Crippen LogP contribution is -2.50. The van der Waals surface area contributed by atoms with Crippen LogP contribution in [0.5, 0.6) is 0 Å². The molecule has 0 aliphatic carbocycles. The van der Waals surface area contributed by atoms with Crippen molar-refractivity contribution < 1.29 is 4.39 Å². The summed E-state index contributed by atoms with van der Waals surface area (Å²) in [6.45, 7) is 3.53. The number of hydrogen-bond donors (Lipinski definition) is 1. The maximum Gasteiger partial charge on any atom is 0.123 e. The zero-order valence-corrected chi connectivity index (χ0v) is 12.8. The summed E-state index contributed by atoms with van der Waals surface area (Å²) in [6, 6.07) is 10.9. The highest BCUT2D eigenvalue weighted by atomic mass is 32.1. The van der Waals surface area contributed by atoms with E-state index in [-0.39, 0.29) is 11.4 Å². The van der Waals surface area contributed by atoms with Crippen LogP contribution in [0.15, 0.2) is 41.8 Å². The standard InChI is InChI=1S/C16H21FN2S/c1-16(12-18,10-13-5-3-6-14(17)9-13)19(2)11-15-7-4-8-20-15/h3-9H,10-12,18H2,1-2H3. The Bertz CT molecular complexity index is 541. The van der Waals surface area contributed by atoms with E-state index in [1.165, 1.54) is 10.9 Å². The molecule has 0 fully saturated rings. The predicted octanol–water partition coefficient (Wildman–Crippen LogP) is 3.28. The number of thiophene rings is 1. The maximum atomic E-state index is 13.3. The Morgan fingerprint density at radius 3 is 2.70 bits per heavy atom. The predicted molar refractivity (Wildman–Crippen MR) is 83.3 cm³/mol. The molecule has 0 aliphatic rings. The lowest BCUT2D eigenvalue weighted by atomic mass is 9.91. The van der Waals surface area contributed by atoms with Crippen LogP contribution >= 0.6 is 11.3 Å². The van der Waals surface area contributed by atoms with E-state index in [1.54, 1.807) is 23.5 Å². The van der Waals surface area contributed by atoms with Crippen LogP contribution in [-0.4, -0.2) is 24.0 Å². The molecule has 0 saturated carbocycles. The quantitative estimate of drug-likeness (QED) is 0.885. The molecule has 2 rings (SSSR count). The Kier molecular flexibility index (Phi) is 4.91. The van der Waals surface area contributed by atoms with Crippen LogP contribution in [0.1, 0.15) is 17.4 Å². The van der Waals surface area contributed by atoms with Crippen LogP contribution in [0.3, 0.4) is 0 Å². The minimum atomic E-state index is -0.192. The molecule has 0 spiro atoms. The van der Waals surface area contributed by atoms with Crippen LogP contribution < -0.4 is 5.73 Å². The second-order valence-corrected chi connectivity index (χ2v) is 6.48. The molecular formula is C16H21FN2S. The monoisotopic (exact) mass is 292 g/mol. The van der Waals surface area contributed by atoms with Gasteiger partial charge in [-0.1, -0.05) is 18.2 Å². The molecule has 2 nitrogen and oxygen atoms in total. The number of hydrogen-bond acceptors (Lipinski definition) is 3. The first-order chi connectivity index (χ1) is 9.53. The molecule has 20 heavy (non-hydrogen) atoms. The van der Waals surface area contributed by atoms with Gasteiger partial charge in [0.1, 0.15) is 5.82 Å². The van der Waals surface area contributed by atoms with Gasteiger partial charge in [-0.15, -0.1) is 11.3 Å². The summed E-state index contributed by atoms with van der Waals surface area (Å²) in [5, 5.41) is 2.08. The van der Waals surface area contributed by atoms with Gasteiger partial charge in [-0.25, -0.2) is 4.39 Å². The van der Waals surface area contributed by atoms with Crippen LogP contribution in [0.2, 0.25) is 0 Å². The average molecular weight is 292 g/mol. The summed E-state index contributed by atoms with van der Waals surface area (Å²) in [5.41, 5.74) is 6.79. The lowest BCUT2D eigenvalue weighted by molar-refractivity contribution is 0.137. The number of nitrogens with two attached hydrogens (primary N) is 1. The van der Waals surface area contributed by atoms with Crippen molar-refractivity contribution in [2.45, 2.75) is 25.4 Å². The van der Waals surface area contributed by atoms with Crippen LogP contribution in [0.25, 0.3) is 0 Å². The molecule has 1 aromatic heterocycles. The van der Waals surface area contributed by atoms with Crippen molar-refractivity contribution in [3.8, 4) is 0 Å². The largest absolute Gasteiger partial charge is 0.329 e. The third-order valence-corrected chi connectivity index (χ3v) is 4.67. The highest BCUT2D eigenvalue weighted by molar-refractivity contribution is 7.09. The molecule has 1 aromatic carbocycles. The third kappa shape index (κ3) is 3.66. The molecule has 4 heteroatoms. The van der Waals surface area contributed by atoms with Crippen LogP contribution in [0.4, 0.5) is 4.39 Å². The number of halogens is 1. The van der Waals surface area contributed by atoms with Crippen LogP contribution in [-0.2, 0) is 13.0 Å². The zero-order chi connectivity index (χ0) is 14.6. The lowest BCUT2D eigenvalue weighted by Gasteiger charge is -2.38. The fraction of sp³-hybridized carbons (Fsp3) is 0.375. The number of rotatable bonds is 6. The van der Waals surface area contributed by atoms with Gasteiger partial charge < -0.3 is 5.73 Å². The molecule has 0 aliphatic heterocycles. The fourth-order valence-corrected chi connectivity index (χ4v) is 3.03. The molecule has 1 heterocycles. The molecule has 108 valence electrons. The Balaban J connectivity index is 2.11. The van der Waals surface area contributed by atoms with E-state index in [2.05, 4.69) is 36.4 Å². The molecule has 1 atom stereocenters. The molecule has 0 saturated heterocycles. The van der Waals surface area contributed by atoms with Crippen LogP contribution in [0, 0.1) is 5.82 Å². The molecule has 2 aromatic rings. The van der Waals surface area contributed by atoms with Gasteiger partial charge in [-0.05, 0) is 49.5 Å². The smallest absolute Gasteiger partial charge is 0.123 e. The summed E-state index contributed by atoms with van der Waals surface area (Å²) in [5.74, 6) is -0.192. The molecule has 0 bridgehead atoms. The number of nitrogens with zero attached hydrogens (tertiary/aromatic N) is 1. The van der Waals surface area contributed by atoms with Crippen molar-refractivity contribution in [2.24, 2.45) is 5.73 Å². The minimum absolute atomic E-state index is 0.183. The minimum Gasteiger partial charge on any atom is -0.329 e. The summed E-state index contributed by atoms with van der Waals surface area (Å²) >= 11 is 1.74. The van der Waals surface area contributed by atoms with E-state index >= 15 is 0 Å². The molecule has 0 radical (unpaired) electrons. The van der Waals surface area contributed by atoms with E-state index in [4.69, 9.17) is 5.73 Å². The van der Waals surface area contributed by atoms with E-state index in [1.807, 2.05) is 6.07 Å². The van der Waals surface area contributed by atoms with E-state index < -0.39 is 0 Å². The highest BCUT2D eigenvalue weighted by Gasteiger charge is 2.28. The number of benzene rings is 1. The Morgan fingerprint density at radius 1 is 1.30 bits per heavy atom. The van der Waals surface area contributed by atoms with Crippen molar-refractivity contribution >= 4 is 11.3 Å². The first kappa shape index (κ1) is 15.2. The Labute approximate surface area is 124 Å². The van der Waals surface area contributed by atoms with Crippen molar-refractivity contribution in [3.05, 3.63) is 58.0 Å². The number of likely N-dealkylation sites (N-methyl/N-ethyl adjacent to an activating group) is 1. The summed E-state index contributed by atoms with van der Waals surface area (Å²) in [6.07, 6.45) is 0.739. The summed E-state index contributed by atoms with van der Waals surface area (Å²) in [4.78, 5) is 3.57. The van der Waals surface area contributed by atoms with Gasteiger partial charge in [0, 0.05) is 23.5 Å². The van der Waals surface area contributed by atoms with Crippen molar-refractivity contribution in [1.82, 2.24) is 4.90 Å². The second kappa shape index (κ2) is 6.48. The normalized spacial score (nSPS) is 14.4. The first-order valence-electron chi connectivity index (χ1n) is 6.72. The van der Waals surface area contributed by atoms with Gasteiger partial charge >= 0.3 is 0 Å². The van der Waals surface area contributed by atoms with Crippen molar-refractivity contribution in [1.29, 1.82) is 0 Å². The zero-order valence-electron chi connectivity index (χ0n) is 12.0. The van der Waals surface area contributed by atoms with E-state index in [0.29, 0.717) is 6.54 Å². The fourth-order valence-electron chi connectivity index (χ4n) is 2.28. The van der Waals surface area contributed by atoms with Gasteiger partial charge in [0.05, 0.1) is 0 Å². The Morgan fingerprint density at radius 2 is 2.10 bits per heavy atom. The SMILES string of the molecule is CN(Cc1cccs1)C(C)(CN)Cc1cccc(F)c1. The van der Waals surface area contributed by atoms with E-state index in [9.17, 15) is 4.39 Å². The molecule has 2 N–H and O–H groups in total. The van der Waals surface area contributed by atoms with Gasteiger partial charge in [0.15, 0.2) is 0 Å². The molecule has 1 unspecified atom stereocenters. The highest BCUT2D eigenvalue weighted by Crippen LogP contribution is 2.22. The van der Waals surface area contributed by atoms with Crippen molar-refractivity contribution in [2.75, 3.05) is 13.6 Å². The first-order valence-corrected chi connectivity index (χ1v) is 7.59. The molecule has 0 amide bonds. The van der Waals surface area contributed by atoms with Gasteiger partial charge in [0.2, 0.25) is 0 Å². The summed E-state index contributed by atoms with van der Waals surface area (Å²) < 4.78 is 13.3. The van der Waals surface area contributed by atoms with Gasteiger partial charge in [0.25, 0.3) is 0 Å². The van der Waals surface area contributed by atoms with Gasteiger partial charge in [-0.3, -0.25) is 4.90 Å².